The predicted octanol–water partition coefficient (Wildman–Crippen LogP) is 2.34. The molecule has 1 aliphatic heterocycles. The fourth-order valence-electron chi connectivity index (χ4n) is 3.36. The standard InChI is InChI=1S/C17H33N3O2S/c1-17(2,3)20-16(18-11-14-7-5-4-6-8-14)19-12-15-9-10-23(21,22)13-15/h14-15H,4-13H2,1-3H3,(H2,18,19,20). The van der Waals surface area contributed by atoms with Crippen molar-refractivity contribution in [2.45, 2.75) is 64.8 Å². The molecule has 0 aromatic heterocycles. The van der Waals surface area contributed by atoms with Crippen molar-refractivity contribution in [3.8, 4) is 0 Å². The third-order valence-corrected chi connectivity index (χ3v) is 6.45. The molecule has 2 N–H and O–H groups in total. The van der Waals surface area contributed by atoms with Gasteiger partial charge in [0.25, 0.3) is 0 Å². The highest BCUT2D eigenvalue weighted by molar-refractivity contribution is 7.91. The van der Waals surface area contributed by atoms with Crippen molar-refractivity contribution < 1.29 is 8.42 Å². The molecule has 2 aliphatic rings. The Morgan fingerprint density at radius 2 is 1.78 bits per heavy atom. The zero-order valence-electron chi connectivity index (χ0n) is 14.9. The van der Waals surface area contributed by atoms with E-state index in [0.29, 0.717) is 18.1 Å². The highest BCUT2D eigenvalue weighted by Crippen LogP contribution is 2.23. The molecule has 23 heavy (non-hydrogen) atoms. The summed E-state index contributed by atoms with van der Waals surface area (Å²) in [5, 5.41) is 6.91. The normalized spacial score (nSPS) is 26.2. The maximum Gasteiger partial charge on any atom is 0.191 e. The van der Waals surface area contributed by atoms with Gasteiger partial charge in [0.05, 0.1) is 11.5 Å². The molecule has 0 bridgehead atoms. The molecule has 1 heterocycles. The van der Waals surface area contributed by atoms with Crippen LogP contribution in [-0.2, 0) is 9.84 Å². The molecule has 2 rings (SSSR count). The van der Waals surface area contributed by atoms with Crippen LogP contribution >= 0.6 is 0 Å². The summed E-state index contributed by atoms with van der Waals surface area (Å²) < 4.78 is 23.1. The first-order valence-corrected chi connectivity index (χ1v) is 10.8. The van der Waals surface area contributed by atoms with Crippen molar-refractivity contribution in [2.75, 3.05) is 24.6 Å². The maximum atomic E-state index is 11.6. The lowest BCUT2D eigenvalue weighted by Gasteiger charge is -2.27. The summed E-state index contributed by atoms with van der Waals surface area (Å²) in [7, 11) is -2.82. The Labute approximate surface area is 141 Å². The van der Waals surface area contributed by atoms with Gasteiger partial charge in [-0.15, -0.1) is 0 Å². The van der Waals surface area contributed by atoms with Gasteiger partial charge in [0, 0.05) is 18.6 Å². The molecule has 0 radical (unpaired) electrons. The molecule has 0 aromatic carbocycles. The van der Waals surface area contributed by atoms with Gasteiger partial charge >= 0.3 is 0 Å². The van der Waals surface area contributed by atoms with E-state index < -0.39 is 9.84 Å². The minimum absolute atomic E-state index is 0.0554. The molecule has 1 unspecified atom stereocenters. The molecule has 5 nitrogen and oxygen atoms in total. The third kappa shape index (κ3) is 7.10. The van der Waals surface area contributed by atoms with Gasteiger partial charge in [-0.1, -0.05) is 19.3 Å². The van der Waals surface area contributed by atoms with Gasteiger partial charge in [0.1, 0.15) is 0 Å². The van der Waals surface area contributed by atoms with Crippen LogP contribution in [0.15, 0.2) is 4.99 Å². The Balaban J connectivity index is 1.88. The fourth-order valence-corrected chi connectivity index (χ4v) is 5.21. The molecule has 1 saturated heterocycles. The Hall–Kier alpha value is -0.780. The lowest BCUT2D eigenvalue weighted by Crippen LogP contribution is -2.49. The second-order valence-electron chi connectivity index (χ2n) is 8.22. The molecular weight excluding hydrogens is 310 g/mol. The summed E-state index contributed by atoms with van der Waals surface area (Å²) in [5.41, 5.74) is -0.0554. The maximum absolute atomic E-state index is 11.6. The molecule has 6 heteroatoms. The number of rotatable bonds is 4. The average Bonchev–Trinajstić information content (AvgIpc) is 2.81. The molecule has 0 aromatic rings. The van der Waals surface area contributed by atoms with Crippen LogP contribution in [-0.4, -0.2) is 44.5 Å². The smallest absolute Gasteiger partial charge is 0.191 e. The minimum Gasteiger partial charge on any atom is -0.356 e. The van der Waals surface area contributed by atoms with Gasteiger partial charge in [-0.2, -0.15) is 0 Å². The summed E-state index contributed by atoms with van der Waals surface area (Å²) in [5.74, 6) is 2.36. The number of sulfone groups is 1. The van der Waals surface area contributed by atoms with Crippen LogP contribution < -0.4 is 10.6 Å². The summed E-state index contributed by atoms with van der Waals surface area (Å²) in [6.07, 6.45) is 7.40. The van der Waals surface area contributed by atoms with Gasteiger partial charge in [-0.05, 0) is 51.9 Å². The Kier molecular flexibility index (Phi) is 6.34. The number of guanidine groups is 1. The van der Waals surface area contributed by atoms with Crippen LogP contribution in [0.2, 0.25) is 0 Å². The van der Waals surface area contributed by atoms with Crippen molar-refractivity contribution in [1.29, 1.82) is 0 Å². The van der Waals surface area contributed by atoms with E-state index in [2.05, 4.69) is 36.4 Å². The third-order valence-electron chi connectivity index (χ3n) is 4.61. The number of aliphatic imine (C=N–C) groups is 1. The van der Waals surface area contributed by atoms with Crippen LogP contribution in [0.25, 0.3) is 0 Å². The minimum atomic E-state index is -2.82. The van der Waals surface area contributed by atoms with Crippen molar-refractivity contribution in [3.05, 3.63) is 0 Å². The molecule has 2 fully saturated rings. The van der Waals surface area contributed by atoms with Crippen LogP contribution in [0.5, 0.6) is 0 Å². The van der Waals surface area contributed by atoms with E-state index in [4.69, 9.17) is 0 Å². The first kappa shape index (κ1) is 18.6. The molecular formula is C17H33N3O2S. The van der Waals surface area contributed by atoms with E-state index >= 15 is 0 Å². The Bertz CT molecular complexity index is 502. The van der Waals surface area contributed by atoms with E-state index in [1.54, 1.807) is 0 Å². The molecule has 0 amide bonds. The van der Waals surface area contributed by atoms with Gasteiger partial charge < -0.3 is 10.6 Å². The van der Waals surface area contributed by atoms with Gasteiger partial charge in [0.2, 0.25) is 0 Å². The first-order chi connectivity index (χ1) is 10.7. The summed E-state index contributed by atoms with van der Waals surface area (Å²) >= 11 is 0. The first-order valence-electron chi connectivity index (χ1n) is 9.00. The zero-order valence-corrected chi connectivity index (χ0v) is 15.7. The fraction of sp³-hybridized carbons (Fsp3) is 0.941. The van der Waals surface area contributed by atoms with Gasteiger partial charge in [-0.25, -0.2) is 8.42 Å². The average molecular weight is 344 g/mol. The molecule has 1 atom stereocenters. The highest BCUT2D eigenvalue weighted by atomic mass is 32.2. The number of hydrogen-bond donors (Lipinski definition) is 2. The van der Waals surface area contributed by atoms with E-state index in [9.17, 15) is 8.42 Å². The molecule has 1 saturated carbocycles. The summed E-state index contributed by atoms with van der Waals surface area (Å²) in [6.45, 7) is 7.90. The van der Waals surface area contributed by atoms with Crippen molar-refractivity contribution in [1.82, 2.24) is 10.6 Å². The highest BCUT2D eigenvalue weighted by Gasteiger charge is 2.27. The number of nitrogens with zero attached hydrogens (tertiary/aromatic N) is 1. The lowest BCUT2D eigenvalue weighted by molar-refractivity contribution is 0.354. The van der Waals surface area contributed by atoms with Crippen LogP contribution in [0, 0.1) is 11.8 Å². The van der Waals surface area contributed by atoms with Crippen molar-refractivity contribution in [2.24, 2.45) is 16.8 Å². The van der Waals surface area contributed by atoms with E-state index in [1.165, 1.54) is 32.1 Å². The quantitative estimate of drug-likeness (QED) is 0.607. The summed E-state index contributed by atoms with van der Waals surface area (Å²) in [4.78, 5) is 4.67. The van der Waals surface area contributed by atoms with Crippen molar-refractivity contribution >= 4 is 15.8 Å². The van der Waals surface area contributed by atoms with Gasteiger partial charge in [-0.3, -0.25) is 4.99 Å². The second-order valence-corrected chi connectivity index (χ2v) is 10.4. The van der Waals surface area contributed by atoms with Gasteiger partial charge in [0.15, 0.2) is 15.8 Å². The molecule has 134 valence electrons. The van der Waals surface area contributed by atoms with E-state index in [-0.39, 0.29) is 11.5 Å². The molecule has 1 aliphatic carbocycles. The Morgan fingerprint density at radius 3 is 2.35 bits per heavy atom. The Morgan fingerprint density at radius 1 is 1.09 bits per heavy atom. The number of hydrogen-bond acceptors (Lipinski definition) is 3. The molecule has 0 spiro atoms. The topological polar surface area (TPSA) is 70.6 Å². The van der Waals surface area contributed by atoms with Crippen LogP contribution in [0.4, 0.5) is 0 Å². The predicted molar refractivity (Wildman–Crippen MR) is 96.5 cm³/mol. The van der Waals surface area contributed by atoms with Crippen LogP contribution in [0.3, 0.4) is 0 Å². The van der Waals surface area contributed by atoms with E-state index in [0.717, 1.165) is 24.8 Å². The summed E-state index contributed by atoms with van der Waals surface area (Å²) in [6, 6.07) is 0. The zero-order chi connectivity index (χ0) is 16.9. The lowest BCUT2D eigenvalue weighted by atomic mass is 9.89. The van der Waals surface area contributed by atoms with Crippen molar-refractivity contribution in [3.63, 3.8) is 0 Å². The SMILES string of the molecule is CC(C)(C)NC(=NCC1CCS(=O)(=O)C1)NCC1CCCCC1. The number of nitrogens with one attached hydrogen (secondary N) is 2. The largest absolute Gasteiger partial charge is 0.356 e. The second kappa shape index (κ2) is 7.86. The monoisotopic (exact) mass is 343 g/mol. The van der Waals surface area contributed by atoms with Crippen LogP contribution in [0.1, 0.15) is 59.3 Å². The van der Waals surface area contributed by atoms with E-state index in [1.807, 2.05) is 0 Å².